The number of hydrogen-bond donors (Lipinski definition) is 2. The van der Waals surface area contributed by atoms with Gasteiger partial charge in [-0.2, -0.15) is 0 Å². The minimum atomic E-state index is -0.250. The Morgan fingerprint density at radius 1 is 1.37 bits per heavy atom. The molecule has 0 aromatic carbocycles. The molecule has 4 heterocycles. The van der Waals surface area contributed by atoms with Gasteiger partial charge in [-0.3, -0.25) is 19.2 Å². The van der Waals surface area contributed by atoms with Crippen molar-refractivity contribution in [3.8, 4) is 0 Å². The topological polar surface area (TPSA) is 133 Å². The predicted octanol–water partition coefficient (Wildman–Crippen LogP) is 0.662. The summed E-state index contributed by atoms with van der Waals surface area (Å²) in [4.78, 5) is 53.4. The normalized spacial score (nSPS) is 27.5. The van der Waals surface area contributed by atoms with E-state index in [1.165, 1.54) is 13.3 Å². The number of aromatic nitrogens is 1. The molecule has 164 valence electrons. The smallest absolute Gasteiger partial charge is 0.291 e. The molecule has 0 unspecified atom stereocenters. The minimum absolute atomic E-state index is 0.0608. The average molecular weight is 420 g/mol. The van der Waals surface area contributed by atoms with Gasteiger partial charge in [0, 0.05) is 39.0 Å². The highest BCUT2D eigenvalue weighted by molar-refractivity contribution is 5.92. The molecular weight excluding hydrogens is 392 g/mol. The molecule has 2 N–H and O–H groups in total. The van der Waals surface area contributed by atoms with E-state index in [9.17, 15) is 14.4 Å². The molecule has 1 aromatic rings. The van der Waals surface area contributed by atoms with E-state index in [0.29, 0.717) is 37.5 Å². The van der Waals surface area contributed by atoms with Gasteiger partial charge in [-0.05, 0) is 38.0 Å². The van der Waals surface area contributed by atoms with Gasteiger partial charge in [-0.1, -0.05) is 0 Å². The molecule has 30 heavy (non-hydrogen) atoms. The van der Waals surface area contributed by atoms with Crippen molar-refractivity contribution in [3.05, 3.63) is 17.8 Å². The van der Waals surface area contributed by atoms with Crippen LogP contribution in [0.3, 0.4) is 0 Å². The van der Waals surface area contributed by atoms with E-state index in [0.717, 1.165) is 19.3 Å². The third-order valence-corrected chi connectivity index (χ3v) is 6.28. The van der Waals surface area contributed by atoms with Crippen LogP contribution in [0.15, 0.2) is 10.8 Å². The maximum Gasteiger partial charge on any atom is 0.291 e. The van der Waals surface area contributed by atoms with Crippen molar-refractivity contribution in [3.63, 3.8) is 0 Å². The van der Waals surface area contributed by atoms with Crippen LogP contribution in [0.2, 0.25) is 0 Å². The summed E-state index contributed by atoms with van der Waals surface area (Å²) >= 11 is 0. The maximum atomic E-state index is 13.0. The van der Waals surface area contributed by atoms with Crippen LogP contribution in [0.5, 0.6) is 0 Å². The number of rotatable bonds is 3. The van der Waals surface area contributed by atoms with E-state index in [2.05, 4.69) is 10.3 Å². The molecule has 3 amide bonds. The number of piperidine rings is 3. The van der Waals surface area contributed by atoms with E-state index in [-0.39, 0.29) is 48.1 Å². The molecule has 2 bridgehead atoms. The van der Waals surface area contributed by atoms with Crippen molar-refractivity contribution < 1.29 is 28.7 Å². The van der Waals surface area contributed by atoms with Gasteiger partial charge < -0.3 is 24.6 Å². The van der Waals surface area contributed by atoms with Crippen molar-refractivity contribution in [2.24, 2.45) is 11.8 Å². The van der Waals surface area contributed by atoms with E-state index in [4.69, 9.17) is 14.3 Å². The fourth-order valence-electron chi connectivity index (χ4n) is 5.10. The fraction of sp³-hybridized carbons (Fsp3) is 0.650. The molecular formula is C20H28N4O6. The standard InChI is InChI=1S/C19H26N4O4.CH2O2/c1-11-18(27-10-21-11)19(26)22-8-13-6-14(9-22)16(7-20-12(2)24)23-15(13)4-3-5-17(23)25;2-1-3/h10,13-16H,3-9H2,1-2H3,(H,20,24);1H,(H,2,3)/t13-,14+,15+,16+;/m1./s1. The van der Waals surface area contributed by atoms with Gasteiger partial charge in [0.15, 0.2) is 6.39 Å². The Labute approximate surface area is 174 Å². The van der Waals surface area contributed by atoms with Crippen LogP contribution in [-0.4, -0.2) is 75.8 Å². The Morgan fingerprint density at radius 2 is 2.07 bits per heavy atom. The summed E-state index contributed by atoms with van der Waals surface area (Å²) in [6.07, 6.45) is 4.71. The van der Waals surface area contributed by atoms with E-state index in [1.54, 1.807) is 6.92 Å². The lowest BCUT2D eigenvalue weighted by Crippen LogP contribution is -2.67. The molecule has 0 spiro atoms. The molecule has 3 saturated heterocycles. The van der Waals surface area contributed by atoms with Crippen molar-refractivity contribution >= 4 is 24.2 Å². The highest BCUT2D eigenvalue weighted by atomic mass is 16.4. The minimum Gasteiger partial charge on any atom is -0.483 e. The number of fused-ring (bicyclic) bond motifs is 4. The Bertz CT molecular complexity index is 809. The second kappa shape index (κ2) is 9.27. The third-order valence-electron chi connectivity index (χ3n) is 6.28. The van der Waals surface area contributed by atoms with Crippen molar-refractivity contribution in [2.45, 2.75) is 51.6 Å². The van der Waals surface area contributed by atoms with Crippen molar-refractivity contribution in [1.82, 2.24) is 20.1 Å². The molecule has 4 rings (SSSR count). The SMILES string of the molecule is CC(=O)NC[C@H]1[C@H]2C[C@H](CN(C(=O)c3ocnc3C)C2)[C@@H]2CCCC(=O)N21.O=CO. The monoisotopic (exact) mass is 420 g/mol. The number of carbonyl (C=O) groups excluding carboxylic acids is 3. The first-order valence-electron chi connectivity index (χ1n) is 10.2. The second-order valence-electron chi connectivity index (χ2n) is 8.10. The van der Waals surface area contributed by atoms with Crippen LogP contribution >= 0.6 is 0 Å². The maximum absolute atomic E-state index is 13.0. The first kappa shape index (κ1) is 21.8. The molecule has 1 aromatic heterocycles. The zero-order chi connectivity index (χ0) is 21.8. The van der Waals surface area contributed by atoms with Crippen LogP contribution in [0.1, 0.15) is 48.9 Å². The lowest BCUT2D eigenvalue weighted by Gasteiger charge is -2.56. The van der Waals surface area contributed by atoms with E-state index >= 15 is 0 Å². The average Bonchev–Trinajstić information content (AvgIpc) is 3.14. The van der Waals surface area contributed by atoms with Gasteiger partial charge in [0.2, 0.25) is 17.6 Å². The first-order valence-corrected chi connectivity index (χ1v) is 10.2. The van der Waals surface area contributed by atoms with Gasteiger partial charge in [0.25, 0.3) is 12.4 Å². The molecule has 10 nitrogen and oxygen atoms in total. The van der Waals surface area contributed by atoms with Crippen LogP contribution in [0.4, 0.5) is 0 Å². The quantitative estimate of drug-likeness (QED) is 0.686. The fourth-order valence-corrected chi connectivity index (χ4v) is 5.10. The van der Waals surface area contributed by atoms with Crippen LogP contribution in [0, 0.1) is 18.8 Å². The lowest BCUT2D eigenvalue weighted by molar-refractivity contribution is -0.152. The van der Waals surface area contributed by atoms with Crippen LogP contribution < -0.4 is 5.32 Å². The zero-order valence-corrected chi connectivity index (χ0v) is 17.2. The highest BCUT2D eigenvalue weighted by Gasteiger charge is 2.50. The molecule has 3 aliphatic heterocycles. The number of amides is 3. The van der Waals surface area contributed by atoms with Crippen molar-refractivity contribution in [1.29, 1.82) is 0 Å². The Morgan fingerprint density at radius 3 is 2.70 bits per heavy atom. The predicted molar refractivity (Wildman–Crippen MR) is 104 cm³/mol. The number of nitrogens with one attached hydrogen (secondary N) is 1. The number of aryl methyl sites for hydroxylation is 1. The van der Waals surface area contributed by atoms with Crippen molar-refractivity contribution in [2.75, 3.05) is 19.6 Å². The largest absolute Gasteiger partial charge is 0.483 e. The zero-order valence-electron chi connectivity index (χ0n) is 17.2. The lowest BCUT2D eigenvalue weighted by atomic mass is 9.72. The van der Waals surface area contributed by atoms with Gasteiger partial charge in [0.05, 0.1) is 11.7 Å². The van der Waals surface area contributed by atoms with Gasteiger partial charge in [-0.15, -0.1) is 0 Å². The summed E-state index contributed by atoms with van der Waals surface area (Å²) in [6.45, 7) is 4.65. The Hall–Kier alpha value is -2.91. The summed E-state index contributed by atoms with van der Waals surface area (Å²) in [5, 5.41) is 9.78. The molecule has 4 atom stereocenters. The number of carboxylic acid groups (broad SMARTS) is 1. The highest BCUT2D eigenvalue weighted by Crippen LogP contribution is 2.41. The van der Waals surface area contributed by atoms with Gasteiger partial charge in [0.1, 0.15) is 0 Å². The summed E-state index contributed by atoms with van der Waals surface area (Å²) in [7, 11) is 0. The number of nitrogens with zero attached hydrogens (tertiary/aromatic N) is 3. The number of oxazole rings is 1. The Balaban J connectivity index is 0.000000806. The molecule has 0 saturated carbocycles. The third kappa shape index (κ3) is 4.31. The Kier molecular flexibility index (Phi) is 6.73. The van der Waals surface area contributed by atoms with Gasteiger partial charge in [-0.25, -0.2) is 4.98 Å². The summed E-state index contributed by atoms with van der Waals surface area (Å²) < 4.78 is 5.31. The first-order chi connectivity index (χ1) is 14.4. The second-order valence-corrected chi connectivity index (χ2v) is 8.10. The van der Waals surface area contributed by atoms with E-state index in [1.807, 2.05) is 9.80 Å². The molecule has 0 aliphatic carbocycles. The molecule has 3 aliphatic rings. The summed E-state index contributed by atoms with van der Waals surface area (Å²) in [5.74, 6) is 0.676. The molecule has 0 radical (unpaired) electrons. The van der Waals surface area contributed by atoms with E-state index < -0.39 is 0 Å². The van der Waals surface area contributed by atoms with Crippen LogP contribution in [-0.2, 0) is 14.4 Å². The summed E-state index contributed by atoms with van der Waals surface area (Å²) in [6, 6.07) is 0.0852. The molecule has 3 fully saturated rings. The summed E-state index contributed by atoms with van der Waals surface area (Å²) in [5.41, 5.74) is 0.597. The van der Waals surface area contributed by atoms with Gasteiger partial charge >= 0.3 is 0 Å². The number of carbonyl (C=O) groups is 4. The van der Waals surface area contributed by atoms with Crippen LogP contribution in [0.25, 0.3) is 0 Å². The molecule has 10 heteroatoms. The number of hydrogen-bond acceptors (Lipinski definition) is 6. The number of likely N-dealkylation sites (tertiary alicyclic amines) is 1.